The molecule has 1 fully saturated rings. The molecular weight excluding hydrogens is 765 g/mol. The van der Waals surface area contributed by atoms with Crippen molar-refractivity contribution in [1.29, 1.82) is 0 Å². The van der Waals surface area contributed by atoms with E-state index < -0.39 is 0 Å². The van der Waals surface area contributed by atoms with E-state index in [9.17, 15) is 9.59 Å². The first kappa shape index (κ1) is 59.0. The van der Waals surface area contributed by atoms with Crippen LogP contribution in [0.3, 0.4) is 0 Å². The number of hydrogen-bond acceptors (Lipinski definition) is 8. The number of hydrogen-bond donors (Lipinski definition) is 3. The lowest BCUT2D eigenvalue weighted by Crippen LogP contribution is -2.32. The fourth-order valence-corrected chi connectivity index (χ4v) is 8.79. The predicted molar refractivity (Wildman–Crippen MR) is 262 cm³/mol. The molecule has 8 nitrogen and oxygen atoms in total. The number of allylic oxidation sites excluding steroid dienone is 4. The third-order valence-corrected chi connectivity index (χ3v) is 12.4. The Morgan fingerprint density at radius 2 is 1.60 bits per heavy atom. The number of carbonyl (C=O) groups is 3. The van der Waals surface area contributed by atoms with Gasteiger partial charge in [-0.05, 0) is 136 Å². The van der Waals surface area contributed by atoms with Crippen molar-refractivity contribution in [3.63, 3.8) is 0 Å². The summed E-state index contributed by atoms with van der Waals surface area (Å²) >= 11 is 1.57. The van der Waals surface area contributed by atoms with Crippen molar-refractivity contribution in [2.75, 3.05) is 34.2 Å². The van der Waals surface area contributed by atoms with Gasteiger partial charge in [0.25, 0.3) is 6.47 Å². The van der Waals surface area contributed by atoms with E-state index >= 15 is 0 Å². The zero-order chi connectivity index (χ0) is 45.9. The maximum atomic E-state index is 10.7. The van der Waals surface area contributed by atoms with Gasteiger partial charge in [-0.3, -0.25) is 9.59 Å². The van der Waals surface area contributed by atoms with E-state index in [1.54, 1.807) is 16.9 Å². The zero-order valence-corrected chi connectivity index (χ0v) is 41.3. The van der Waals surface area contributed by atoms with Crippen molar-refractivity contribution in [2.24, 2.45) is 40.3 Å². The fourth-order valence-electron chi connectivity index (χ4n) is 7.91. The fraction of sp³-hybridized carbons (Fsp3) is 0.686. The second-order valence-corrected chi connectivity index (χ2v) is 18.0. The second-order valence-electron chi connectivity index (χ2n) is 16.9. The molecule has 9 heteroatoms. The van der Waals surface area contributed by atoms with Crippen molar-refractivity contribution in [2.45, 2.75) is 165 Å². The van der Waals surface area contributed by atoms with Gasteiger partial charge < -0.3 is 25.9 Å². The topological polar surface area (TPSA) is 125 Å². The molecule has 60 heavy (non-hydrogen) atoms. The van der Waals surface area contributed by atoms with E-state index in [1.165, 1.54) is 86.7 Å². The lowest BCUT2D eigenvalue weighted by Gasteiger charge is -2.36. The summed E-state index contributed by atoms with van der Waals surface area (Å²) in [4.78, 5) is 38.7. The van der Waals surface area contributed by atoms with E-state index in [2.05, 4.69) is 95.0 Å². The average molecular weight is 855 g/mol. The van der Waals surface area contributed by atoms with Gasteiger partial charge in [-0.2, -0.15) is 0 Å². The van der Waals surface area contributed by atoms with Crippen LogP contribution in [0.25, 0.3) is 0 Å². The molecule has 0 bridgehead atoms. The number of carboxylic acid groups (broad SMARTS) is 1. The Labute approximate surface area is 372 Å². The SMILES string of the molecule is CC.CC.CC(C)(C)c1ccc(C=O)s1.CCCC1CCC(C2CC=C(C3=CN=C(CC4=CCCC(CCC=O)C=C4)N(C)C3)CC2)CC1.CN.CNCC(C)C.O=CO. The standard InChI is InChI=1S/C31H46N2O.C9H12OS.C5H13N.2C2H6.CH5N.CH2O2/c1-3-6-24-12-14-27(15-13-24)28-16-18-29(19-17-28)30-22-32-31(33(2)23-30)21-26-8-4-7-25(10-11-26)9-5-20-34;1-9(2,3)8-5-4-7(6-10)11-8;1-5(2)4-6-3;3*1-2;2-1-3/h8,10-11,18,20,22,24-25,27-28H,3-7,9,12-17,19,21,23H2,1-2H3;4-6H,1-3H3;5-6H,4H2,1-3H3;2*1-2H3;2H2,1H3;1H,(H,2,3). The molecule has 1 saturated carbocycles. The van der Waals surface area contributed by atoms with Crippen molar-refractivity contribution in [3.05, 3.63) is 69.1 Å². The highest BCUT2D eigenvalue weighted by Crippen LogP contribution is 2.42. The number of rotatable bonds is 12. The first-order valence-electron chi connectivity index (χ1n) is 23.2. The van der Waals surface area contributed by atoms with Crippen LogP contribution in [0.2, 0.25) is 0 Å². The van der Waals surface area contributed by atoms with E-state index in [0.717, 1.165) is 79.9 Å². The molecule has 1 aliphatic heterocycles. The van der Waals surface area contributed by atoms with Crippen LogP contribution in [0.15, 0.2) is 64.3 Å². The quantitative estimate of drug-likeness (QED) is 0.179. The summed E-state index contributed by atoms with van der Waals surface area (Å²) in [7, 11) is 5.67. The first-order chi connectivity index (χ1) is 28.9. The maximum Gasteiger partial charge on any atom is 0.290 e. The van der Waals surface area contributed by atoms with E-state index in [1.807, 2.05) is 46.9 Å². The molecule has 344 valence electrons. The lowest BCUT2D eigenvalue weighted by molar-refractivity contribution is -0.122. The molecule has 0 aromatic carbocycles. The largest absolute Gasteiger partial charge is 0.483 e. The zero-order valence-electron chi connectivity index (χ0n) is 40.5. The van der Waals surface area contributed by atoms with Crippen LogP contribution in [0.1, 0.15) is 174 Å². The van der Waals surface area contributed by atoms with Crippen LogP contribution in [0.4, 0.5) is 0 Å². The third-order valence-electron chi connectivity index (χ3n) is 11.0. The minimum absolute atomic E-state index is 0.173. The van der Waals surface area contributed by atoms with Crippen molar-refractivity contribution < 1.29 is 19.5 Å². The summed E-state index contributed by atoms with van der Waals surface area (Å²) in [6.07, 6.45) is 31.0. The molecule has 0 amide bonds. The number of aldehydes is 2. The van der Waals surface area contributed by atoms with E-state index in [4.69, 9.17) is 14.9 Å². The van der Waals surface area contributed by atoms with Crippen LogP contribution < -0.4 is 11.1 Å². The number of nitrogens with one attached hydrogen (secondary N) is 1. The summed E-state index contributed by atoms with van der Waals surface area (Å²) in [6.45, 7) is 23.0. The Kier molecular flexibility index (Phi) is 35.9. The number of likely N-dealkylation sites (N-methyl/N-ethyl adjacent to an activating group) is 1. The van der Waals surface area contributed by atoms with Crippen LogP contribution in [-0.4, -0.2) is 69.1 Å². The smallest absolute Gasteiger partial charge is 0.290 e. The number of amidine groups is 1. The van der Waals surface area contributed by atoms with Crippen LogP contribution in [-0.2, 0) is 15.0 Å². The van der Waals surface area contributed by atoms with Crippen molar-refractivity contribution in [3.8, 4) is 0 Å². The van der Waals surface area contributed by atoms with Gasteiger partial charge in [0.1, 0.15) is 12.1 Å². The minimum atomic E-state index is -0.250. The number of nitrogens with two attached hydrogens (primary N) is 1. The molecular formula is C51H90N4O4S. The summed E-state index contributed by atoms with van der Waals surface area (Å²) in [5, 5.41) is 9.96. The number of carbonyl (C=O) groups excluding carboxylic acids is 2. The predicted octanol–water partition coefficient (Wildman–Crippen LogP) is 12.9. The summed E-state index contributed by atoms with van der Waals surface area (Å²) in [5.74, 6) is 5.39. The molecule has 1 aromatic rings. The Morgan fingerprint density at radius 3 is 2.05 bits per heavy atom. The molecule has 1 aromatic heterocycles. The van der Waals surface area contributed by atoms with Gasteiger partial charge >= 0.3 is 0 Å². The lowest BCUT2D eigenvalue weighted by atomic mass is 9.70. The van der Waals surface area contributed by atoms with E-state index in [-0.39, 0.29) is 11.9 Å². The average Bonchev–Trinajstić information content (AvgIpc) is 3.66. The normalized spacial score (nSPS) is 20.7. The molecule has 4 aliphatic rings. The van der Waals surface area contributed by atoms with Crippen LogP contribution >= 0.6 is 11.3 Å². The summed E-state index contributed by atoms with van der Waals surface area (Å²) in [6, 6.07) is 3.90. The molecule has 2 unspecified atom stereocenters. The number of thiophene rings is 1. The van der Waals surface area contributed by atoms with Crippen LogP contribution in [0.5, 0.6) is 0 Å². The second kappa shape index (κ2) is 36.5. The molecule has 0 radical (unpaired) electrons. The van der Waals surface area contributed by atoms with Gasteiger partial charge in [0.2, 0.25) is 0 Å². The third kappa shape index (κ3) is 25.0. The maximum absolute atomic E-state index is 10.7. The molecule has 0 spiro atoms. The molecule has 4 N–H and O–H groups in total. The molecule has 5 rings (SSSR count). The van der Waals surface area contributed by atoms with Gasteiger partial charge in [0.05, 0.1) is 4.88 Å². The number of aliphatic imine (C=N–C) groups is 1. The minimum Gasteiger partial charge on any atom is -0.483 e. The van der Waals surface area contributed by atoms with Gasteiger partial charge in [-0.25, -0.2) is 4.99 Å². The molecule has 0 saturated heterocycles. The van der Waals surface area contributed by atoms with Gasteiger partial charge in [-0.15, -0.1) is 11.3 Å². The van der Waals surface area contributed by atoms with Gasteiger partial charge in [-0.1, -0.05) is 119 Å². The van der Waals surface area contributed by atoms with Crippen molar-refractivity contribution >= 4 is 36.2 Å². The monoisotopic (exact) mass is 855 g/mol. The van der Waals surface area contributed by atoms with Crippen LogP contribution in [0, 0.1) is 29.6 Å². The Morgan fingerprint density at radius 1 is 0.950 bits per heavy atom. The highest BCUT2D eigenvalue weighted by atomic mass is 32.1. The summed E-state index contributed by atoms with van der Waals surface area (Å²) in [5.41, 5.74) is 9.02. The molecule has 2 atom stereocenters. The van der Waals surface area contributed by atoms with Gasteiger partial charge in [0, 0.05) is 37.5 Å². The number of nitrogens with zero attached hydrogens (tertiary/aromatic N) is 2. The Balaban J connectivity index is 0. The summed E-state index contributed by atoms with van der Waals surface area (Å²) < 4.78 is 0. The van der Waals surface area contributed by atoms with Gasteiger partial charge in [0.15, 0.2) is 6.29 Å². The molecule has 2 heterocycles. The first-order valence-corrected chi connectivity index (χ1v) is 24.0. The van der Waals surface area contributed by atoms with Crippen molar-refractivity contribution in [1.82, 2.24) is 10.2 Å². The highest BCUT2D eigenvalue weighted by molar-refractivity contribution is 7.13. The Hall–Kier alpha value is -3.14. The molecule has 3 aliphatic carbocycles. The van der Waals surface area contributed by atoms with E-state index in [0.29, 0.717) is 12.3 Å². The highest BCUT2D eigenvalue weighted by Gasteiger charge is 2.29. The Bertz CT molecular complexity index is 1410.